The van der Waals surface area contributed by atoms with Crippen LogP contribution in [0.3, 0.4) is 0 Å². The summed E-state index contributed by atoms with van der Waals surface area (Å²) in [5.41, 5.74) is 15.3. The van der Waals surface area contributed by atoms with Crippen LogP contribution in [-0.2, 0) is 0 Å². The van der Waals surface area contributed by atoms with Crippen LogP contribution < -0.4 is 4.90 Å². The van der Waals surface area contributed by atoms with Gasteiger partial charge < -0.3 is 13.9 Å². The fourth-order valence-electron chi connectivity index (χ4n) is 10.8. The molecule has 0 fully saturated rings. The minimum atomic E-state index is 0.882. The van der Waals surface area contributed by atoms with Crippen molar-refractivity contribution in [2.45, 2.75) is 0 Å². The van der Waals surface area contributed by atoms with Gasteiger partial charge >= 0.3 is 0 Å². The molecule has 0 radical (unpaired) electrons. The number of aromatic nitrogens is 1. The van der Waals surface area contributed by atoms with Gasteiger partial charge in [-0.1, -0.05) is 182 Å². The number of thiophene rings is 1. The second-order valence-corrected chi connectivity index (χ2v) is 18.6. The standard InChI is InChI=1S/C64H40N2OS/c1-2-19-45-41(17-1)18-15-26-46(45)42-35-37-43(38-36-42)65(57-29-9-5-22-49(57)53-27-16-28-54-51-24-7-13-33-61(51)67-63(53)54)44-39-55(64-56(40-44)52-25-8-14-34-62(52)68-64)50-23-6-12-32-60(50)66-58-30-10-3-20-47(58)48-21-4-11-31-59(48)66/h1-40H. The molecule has 3 nitrogen and oxygen atoms in total. The largest absolute Gasteiger partial charge is 0.455 e. The predicted octanol–water partition coefficient (Wildman–Crippen LogP) is 18.7. The zero-order valence-electron chi connectivity index (χ0n) is 36.8. The smallest absolute Gasteiger partial charge is 0.143 e. The van der Waals surface area contributed by atoms with Gasteiger partial charge in [-0.2, -0.15) is 0 Å². The Kier molecular flexibility index (Phi) is 8.76. The van der Waals surface area contributed by atoms with Gasteiger partial charge in [-0.25, -0.2) is 0 Å². The van der Waals surface area contributed by atoms with Gasteiger partial charge in [0.2, 0.25) is 0 Å². The highest BCUT2D eigenvalue weighted by molar-refractivity contribution is 7.26. The number of hydrogen-bond acceptors (Lipinski definition) is 3. The molecule has 11 aromatic carbocycles. The van der Waals surface area contributed by atoms with Crippen molar-refractivity contribution < 1.29 is 4.42 Å². The molecule has 3 aromatic heterocycles. The lowest BCUT2D eigenvalue weighted by molar-refractivity contribution is 0.670. The summed E-state index contributed by atoms with van der Waals surface area (Å²) in [5, 5.41) is 9.65. The Balaban J connectivity index is 1.05. The summed E-state index contributed by atoms with van der Waals surface area (Å²) in [6.45, 7) is 0. The maximum atomic E-state index is 6.75. The topological polar surface area (TPSA) is 21.3 Å². The van der Waals surface area contributed by atoms with Crippen LogP contribution in [0.5, 0.6) is 0 Å². The molecule has 0 saturated heterocycles. The van der Waals surface area contributed by atoms with Crippen molar-refractivity contribution in [1.82, 2.24) is 4.57 Å². The summed E-state index contributed by atoms with van der Waals surface area (Å²) in [4.78, 5) is 2.46. The van der Waals surface area contributed by atoms with Crippen LogP contribution in [0.4, 0.5) is 17.1 Å². The molecule has 0 bridgehead atoms. The summed E-state index contributed by atoms with van der Waals surface area (Å²) in [7, 11) is 0. The van der Waals surface area contributed by atoms with E-state index < -0.39 is 0 Å². The van der Waals surface area contributed by atoms with E-state index >= 15 is 0 Å². The van der Waals surface area contributed by atoms with Gasteiger partial charge in [0.25, 0.3) is 0 Å². The second-order valence-electron chi connectivity index (χ2n) is 17.6. The Labute approximate surface area is 396 Å². The summed E-state index contributed by atoms with van der Waals surface area (Å²) >= 11 is 1.87. The van der Waals surface area contributed by atoms with Crippen LogP contribution in [0.2, 0.25) is 0 Å². The first-order chi connectivity index (χ1) is 33.7. The second kappa shape index (κ2) is 15.5. The van der Waals surface area contributed by atoms with Gasteiger partial charge in [-0.3, -0.25) is 0 Å². The summed E-state index contributed by atoms with van der Waals surface area (Å²) < 4.78 is 11.7. The number of rotatable bonds is 7. The van der Waals surface area contributed by atoms with Crippen molar-refractivity contribution in [2.75, 3.05) is 4.90 Å². The first-order valence-corrected chi connectivity index (χ1v) is 24.0. The third kappa shape index (κ3) is 5.98. The number of hydrogen-bond donors (Lipinski definition) is 0. The van der Waals surface area contributed by atoms with E-state index in [0.29, 0.717) is 0 Å². The van der Waals surface area contributed by atoms with Crippen molar-refractivity contribution in [1.29, 1.82) is 0 Å². The number of fused-ring (bicyclic) bond motifs is 10. The third-order valence-electron chi connectivity index (χ3n) is 13.8. The molecule has 318 valence electrons. The lowest BCUT2D eigenvalue weighted by Crippen LogP contribution is -2.11. The molecule has 14 aromatic rings. The van der Waals surface area contributed by atoms with Crippen LogP contribution in [0.25, 0.3) is 114 Å². The van der Waals surface area contributed by atoms with E-state index in [4.69, 9.17) is 4.42 Å². The highest BCUT2D eigenvalue weighted by Gasteiger charge is 2.25. The van der Waals surface area contributed by atoms with E-state index in [-0.39, 0.29) is 0 Å². The predicted molar refractivity (Wildman–Crippen MR) is 289 cm³/mol. The monoisotopic (exact) mass is 884 g/mol. The van der Waals surface area contributed by atoms with Gasteiger partial charge in [0.05, 0.1) is 22.4 Å². The molecule has 4 heteroatoms. The number of benzene rings is 11. The van der Waals surface area contributed by atoms with Gasteiger partial charge in [0.15, 0.2) is 0 Å². The molecule has 3 heterocycles. The van der Waals surface area contributed by atoms with Gasteiger partial charge in [0.1, 0.15) is 11.2 Å². The average Bonchev–Trinajstić information content (AvgIpc) is 4.09. The molecule has 0 atom stereocenters. The first-order valence-electron chi connectivity index (χ1n) is 23.2. The van der Waals surface area contributed by atoms with Crippen molar-refractivity contribution in [2.24, 2.45) is 0 Å². The minimum absolute atomic E-state index is 0.882. The maximum Gasteiger partial charge on any atom is 0.143 e. The molecule has 0 aliphatic carbocycles. The van der Waals surface area contributed by atoms with Crippen LogP contribution in [0, 0.1) is 0 Å². The van der Waals surface area contributed by atoms with Crippen LogP contribution in [-0.4, -0.2) is 4.57 Å². The Hall–Kier alpha value is -8.70. The molecule has 0 N–H and O–H groups in total. The number of furan rings is 1. The number of para-hydroxylation sites is 6. The Morgan fingerprint density at radius 1 is 0.368 bits per heavy atom. The first kappa shape index (κ1) is 38.6. The lowest BCUT2D eigenvalue weighted by Gasteiger charge is -2.29. The maximum absolute atomic E-state index is 6.75. The molecule has 0 unspecified atom stereocenters. The normalized spacial score (nSPS) is 11.8. The van der Waals surface area contributed by atoms with Gasteiger partial charge in [0, 0.05) is 75.3 Å². The minimum Gasteiger partial charge on any atom is -0.455 e. The summed E-state index contributed by atoms with van der Waals surface area (Å²) in [6.07, 6.45) is 0. The SMILES string of the molecule is c1ccc(N(c2ccc(-c3cccc4ccccc34)cc2)c2cc(-c3ccccc3-n3c4ccccc4c4ccccc43)c3sc4ccccc4c3c2)c(-c2cccc3c2oc2ccccc23)c1. The van der Waals surface area contributed by atoms with Crippen LogP contribution in [0.1, 0.15) is 0 Å². The third-order valence-corrected chi connectivity index (χ3v) is 15.0. The summed E-state index contributed by atoms with van der Waals surface area (Å²) in [6, 6.07) is 88.3. The highest BCUT2D eigenvalue weighted by Crippen LogP contribution is 2.50. The van der Waals surface area contributed by atoms with Crippen LogP contribution >= 0.6 is 11.3 Å². The molecule has 0 spiro atoms. The molecule has 0 saturated carbocycles. The van der Waals surface area contributed by atoms with Crippen LogP contribution in [0.15, 0.2) is 247 Å². The Morgan fingerprint density at radius 3 is 1.78 bits per heavy atom. The molecule has 0 aliphatic rings. The van der Waals surface area contributed by atoms with E-state index in [1.54, 1.807) is 0 Å². The lowest BCUT2D eigenvalue weighted by atomic mass is 9.96. The van der Waals surface area contributed by atoms with Crippen molar-refractivity contribution in [3.8, 4) is 39.1 Å². The van der Waals surface area contributed by atoms with E-state index in [9.17, 15) is 0 Å². The molecule has 0 aliphatic heterocycles. The average molecular weight is 885 g/mol. The molecule has 14 rings (SSSR count). The highest BCUT2D eigenvalue weighted by atomic mass is 32.1. The Morgan fingerprint density at radius 2 is 0.956 bits per heavy atom. The van der Waals surface area contributed by atoms with Gasteiger partial charge in [-0.15, -0.1) is 11.3 Å². The fourth-order valence-corrected chi connectivity index (χ4v) is 12.0. The molecule has 68 heavy (non-hydrogen) atoms. The van der Waals surface area contributed by atoms with Crippen molar-refractivity contribution in [3.63, 3.8) is 0 Å². The van der Waals surface area contributed by atoms with Gasteiger partial charge in [-0.05, 0) is 82.6 Å². The quantitative estimate of drug-likeness (QED) is 0.159. The zero-order chi connectivity index (χ0) is 44.7. The van der Waals surface area contributed by atoms with Crippen molar-refractivity contribution >= 4 is 103 Å². The molecule has 0 amide bonds. The number of anilines is 3. The zero-order valence-corrected chi connectivity index (χ0v) is 37.6. The van der Waals surface area contributed by atoms with E-state index in [2.05, 4.69) is 246 Å². The van der Waals surface area contributed by atoms with E-state index in [1.165, 1.54) is 75.0 Å². The molecular formula is C64H40N2OS. The van der Waals surface area contributed by atoms with E-state index in [1.807, 2.05) is 17.4 Å². The fraction of sp³-hybridized carbons (Fsp3) is 0. The van der Waals surface area contributed by atoms with Crippen molar-refractivity contribution in [3.05, 3.63) is 243 Å². The number of nitrogens with zero attached hydrogens (tertiary/aromatic N) is 2. The Bertz CT molecular complexity index is 4230. The van der Waals surface area contributed by atoms with E-state index in [0.717, 1.165) is 55.8 Å². The summed E-state index contributed by atoms with van der Waals surface area (Å²) in [5.74, 6) is 0. The molecular weight excluding hydrogens is 845 g/mol.